The number of carbonyl (C=O) groups excluding carboxylic acids is 2. The van der Waals surface area contributed by atoms with Crippen molar-refractivity contribution in [2.45, 2.75) is 39.3 Å². The smallest absolute Gasteiger partial charge is 0.338 e. The van der Waals surface area contributed by atoms with Crippen molar-refractivity contribution in [3.63, 3.8) is 0 Å². The van der Waals surface area contributed by atoms with Crippen LogP contribution in [0.4, 0.5) is 0 Å². The van der Waals surface area contributed by atoms with E-state index in [9.17, 15) is 9.59 Å². The van der Waals surface area contributed by atoms with Gasteiger partial charge >= 0.3 is 5.97 Å². The van der Waals surface area contributed by atoms with Crippen LogP contribution in [0, 0.1) is 0 Å². The first-order valence-corrected chi connectivity index (χ1v) is 13.3. The summed E-state index contributed by atoms with van der Waals surface area (Å²) in [4.78, 5) is 27.4. The van der Waals surface area contributed by atoms with Crippen molar-refractivity contribution < 1.29 is 28.5 Å². The van der Waals surface area contributed by atoms with E-state index in [1.807, 2.05) is 42.9 Å². The number of likely N-dealkylation sites (tertiary alicyclic amines) is 1. The van der Waals surface area contributed by atoms with Crippen LogP contribution in [0.15, 0.2) is 54.9 Å². The molecule has 0 spiro atoms. The number of piperidine rings is 1. The second-order valence-electron chi connectivity index (χ2n) is 9.36. The SMILES string of the molecule is CCOc1cc(CN2CCC(NC(=O)c3cc(OC)cc(C(=O)OC)c3)CC2)cc(OCC)c1-n1cccc1. The van der Waals surface area contributed by atoms with Crippen molar-refractivity contribution in [2.24, 2.45) is 0 Å². The Morgan fingerprint density at radius 3 is 2.08 bits per heavy atom. The molecule has 0 saturated carbocycles. The zero-order valence-corrected chi connectivity index (χ0v) is 23.1. The summed E-state index contributed by atoms with van der Waals surface area (Å²) in [6.45, 7) is 7.50. The van der Waals surface area contributed by atoms with Gasteiger partial charge in [0.2, 0.25) is 0 Å². The Balaban J connectivity index is 1.41. The molecule has 9 heteroatoms. The predicted octanol–water partition coefficient (Wildman–Crippen LogP) is 4.46. The number of amides is 1. The number of hydrogen-bond acceptors (Lipinski definition) is 7. The average molecular weight is 536 g/mol. The lowest BCUT2D eigenvalue weighted by atomic mass is 10.0. The van der Waals surface area contributed by atoms with Crippen molar-refractivity contribution in [2.75, 3.05) is 40.5 Å². The Labute approximate surface area is 229 Å². The van der Waals surface area contributed by atoms with Crippen molar-refractivity contribution in [3.05, 3.63) is 71.5 Å². The second-order valence-corrected chi connectivity index (χ2v) is 9.36. The first kappa shape index (κ1) is 28.0. The Hall–Kier alpha value is -3.98. The third kappa shape index (κ3) is 6.92. The van der Waals surface area contributed by atoms with Gasteiger partial charge in [0.05, 0.1) is 33.0 Å². The van der Waals surface area contributed by atoms with Crippen LogP contribution in [-0.4, -0.2) is 67.9 Å². The van der Waals surface area contributed by atoms with Crippen LogP contribution in [0.1, 0.15) is 53.0 Å². The second kappa shape index (κ2) is 13.2. The van der Waals surface area contributed by atoms with Crippen LogP contribution in [0.5, 0.6) is 17.2 Å². The average Bonchev–Trinajstić information content (AvgIpc) is 3.48. The maximum Gasteiger partial charge on any atom is 0.338 e. The third-order valence-corrected chi connectivity index (χ3v) is 6.72. The molecule has 3 aromatic rings. The monoisotopic (exact) mass is 535 g/mol. The minimum absolute atomic E-state index is 0.0376. The van der Waals surface area contributed by atoms with Crippen molar-refractivity contribution in [1.29, 1.82) is 0 Å². The van der Waals surface area contributed by atoms with E-state index in [4.69, 9.17) is 18.9 Å². The van der Waals surface area contributed by atoms with E-state index in [-0.39, 0.29) is 17.5 Å². The topological polar surface area (TPSA) is 91.3 Å². The molecule has 1 saturated heterocycles. The van der Waals surface area contributed by atoms with Gasteiger partial charge in [-0.05, 0) is 74.7 Å². The lowest BCUT2D eigenvalue weighted by Gasteiger charge is -2.32. The molecule has 39 heavy (non-hydrogen) atoms. The Kier molecular flexibility index (Phi) is 9.49. The van der Waals surface area contributed by atoms with E-state index in [0.29, 0.717) is 24.5 Å². The van der Waals surface area contributed by atoms with Crippen molar-refractivity contribution in [3.8, 4) is 22.9 Å². The van der Waals surface area contributed by atoms with Gasteiger partial charge in [0, 0.05) is 43.6 Å². The molecule has 4 rings (SSSR count). The number of aromatic nitrogens is 1. The molecule has 2 aromatic carbocycles. The molecule has 9 nitrogen and oxygen atoms in total. The lowest BCUT2D eigenvalue weighted by molar-refractivity contribution is 0.0600. The molecule has 1 aliphatic heterocycles. The van der Waals surface area contributed by atoms with Crippen LogP contribution < -0.4 is 19.5 Å². The van der Waals surface area contributed by atoms with Gasteiger partial charge in [0.15, 0.2) is 0 Å². The number of nitrogens with zero attached hydrogens (tertiary/aromatic N) is 2. The van der Waals surface area contributed by atoms with Gasteiger partial charge in [-0.1, -0.05) is 0 Å². The largest absolute Gasteiger partial charge is 0.497 e. The normalized spacial score (nSPS) is 14.1. The van der Waals surface area contributed by atoms with E-state index in [1.54, 1.807) is 12.1 Å². The highest BCUT2D eigenvalue weighted by Crippen LogP contribution is 2.35. The number of rotatable bonds is 11. The molecule has 0 atom stereocenters. The van der Waals surface area contributed by atoms with Gasteiger partial charge in [-0.2, -0.15) is 0 Å². The molecule has 0 unspecified atom stereocenters. The molecule has 2 heterocycles. The maximum absolute atomic E-state index is 13.0. The molecular formula is C30H37N3O6. The lowest BCUT2D eigenvalue weighted by Crippen LogP contribution is -2.44. The van der Waals surface area contributed by atoms with Crippen LogP contribution in [-0.2, 0) is 11.3 Å². The highest BCUT2D eigenvalue weighted by Gasteiger charge is 2.23. The van der Waals surface area contributed by atoms with E-state index < -0.39 is 5.97 Å². The number of hydrogen-bond donors (Lipinski definition) is 1. The fraction of sp³-hybridized carbons (Fsp3) is 0.400. The van der Waals surface area contributed by atoms with E-state index in [1.165, 1.54) is 20.3 Å². The molecule has 208 valence electrons. The minimum atomic E-state index is -0.516. The molecule has 0 bridgehead atoms. The summed E-state index contributed by atoms with van der Waals surface area (Å²) < 4.78 is 24.1. The number of benzene rings is 2. The summed E-state index contributed by atoms with van der Waals surface area (Å²) in [5, 5.41) is 3.11. The van der Waals surface area contributed by atoms with Crippen LogP contribution in [0.25, 0.3) is 5.69 Å². The molecule has 0 radical (unpaired) electrons. The van der Waals surface area contributed by atoms with E-state index in [0.717, 1.165) is 55.2 Å². The maximum atomic E-state index is 13.0. The van der Waals surface area contributed by atoms with Gasteiger partial charge in [0.1, 0.15) is 22.9 Å². The fourth-order valence-electron chi connectivity index (χ4n) is 4.84. The third-order valence-electron chi connectivity index (χ3n) is 6.72. The quantitative estimate of drug-likeness (QED) is 0.363. The predicted molar refractivity (Wildman–Crippen MR) is 148 cm³/mol. The molecule has 1 N–H and O–H groups in total. The first-order chi connectivity index (χ1) is 18.9. The first-order valence-electron chi connectivity index (χ1n) is 13.3. The standard InChI is InChI=1S/C30H37N3O6/c1-5-38-26-15-21(16-27(39-6-2)28(26)33-11-7-8-12-33)20-32-13-9-24(10-14-32)31-29(34)22-17-23(30(35)37-4)19-25(18-22)36-3/h7-8,11-12,15-19,24H,5-6,9-10,13-14,20H2,1-4H3,(H,31,34). The molecule has 1 amide bonds. The molecule has 0 aliphatic carbocycles. The summed E-state index contributed by atoms with van der Waals surface area (Å²) in [6.07, 6.45) is 5.61. The molecular weight excluding hydrogens is 498 g/mol. The highest BCUT2D eigenvalue weighted by molar-refractivity contribution is 5.98. The minimum Gasteiger partial charge on any atom is -0.497 e. The van der Waals surface area contributed by atoms with Gasteiger partial charge < -0.3 is 28.8 Å². The summed E-state index contributed by atoms with van der Waals surface area (Å²) in [7, 11) is 2.80. The van der Waals surface area contributed by atoms with E-state index >= 15 is 0 Å². The summed E-state index contributed by atoms with van der Waals surface area (Å²) in [5.41, 5.74) is 2.66. The summed E-state index contributed by atoms with van der Waals surface area (Å²) in [5.74, 6) is 1.26. The molecule has 1 fully saturated rings. The molecule has 1 aromatic heterocycles. The van der Waals surface area contributed by atoms with Gasteiger partial charge in [-0.25, -0.2) is 4.79 Å². The molecule has 1 aliphatic rings. The summed E-state index contributed by atoms with van der Waals surface area (Å²) >= 11 is 0. The summed E-state index contributed by atoms with van der Waals surface area (Å²) in [6, 6.07) is 12.9. The van der Waals surface area contributed by atoms with Gasteiger partial charge in [-0.3, -0.25) is 9.69 Å². The fourth-order valence-corrected chi connectivity index (χ4v) is 4.84. The van der Waals surface area contributed by atoms with E-state index in [2.05, 4.69) is 22.3 Å². The van der Waals surface area contributed by atoms with Crippen molar-refractivity contribution in [1.82, 2.24) is 14.8 Å². The van der Waals surface area contributed by atoms with Gasteiger partial charge in [-0.15, -0.1) is 0 Å². The number of carbonyl (C=O) groups is 2. The number of ether oxygens (including phenoxy) is 4. The van der Waals surface area contributed by atoms with Crippen LogP contribution >= 0.6 is 0 Å². The highest BCUT2D eigenvalue weighted by atomic mass is 16.5. The Morgan fingerprint density at radius 1 is 0.897 bits per heavy atom. The number of nitrogens with one attached hydrogen (secondary N) is 1. The van der Waals surface area contributed by atoms with Gasteiger partial charge in [0.25, 0.3) is 5.91 Å². The number of esters is 1. The Bertz CT molecular complexity index is 1240. The van der Waals surface area contributed by atoms with Crippen LogP contribution in [0.2, 0.25) is 0 Å². The zero-order valence-electron chi connectivity index (χ0n) is 23.1. The van der Waals surface area contributed by atoms with Crippen molar-refractivity contribution >= 4 is 11.9 Å². The Morgan fingerprint density at radius 2 is 1.51 bits per heavy atom. The van der Waals surface area contributed by atoms with Crippen LogP contribution in [0.3, 0.4) is 0 Å². The number of methoxy groups -OCH3 is 2. The zero-order chi connectivity index (χ0) is 27.8.